The molecule has 0 aliphatic carbocycles. The zero-order chi connectivity index (χ0) is 32.4. The van der Waals surface area contributed by atoms with E-state index in [4.69, 9.17) is 5.73 Å². The van der Waals surface area contributed by atoms with Gasteiger partial charge in [-0.1, -0.05) is 66.2 Å². The molecule has 0 radical (unpaired) electrons. The molecule has 3 rings (SSSR count). The number of carbonyl (C=O) groups excluding carboxylic acids is 3. The third-order valence-electron chi connectivity index (χ3n) is 7.36. The predicted molar refractivity (Wildman–Crippen MR) is 178 cm³/mol. The Balaban J connectivity index is 1.94. The van der Waals surface area contributed by atoms with E-state index < -0.39 is 23.7 Å². The van der Waals surface area contributed by atoms with Crippen LogP contribution in [0, 0.1) is 0 Å². The van der Waals surface area contributed by atoms with Gasteiger partial charge in [-0.05, 0) is 62.3 Å². The van der Waals surface area contributed by atoms with E-state index in [2.05, 4.69) is 5.32 Å². The number of amides is 3. The molecule has 0 bridgehead atoms. The van der Waals surface area contributed by atoms with E-state index in [1.54, 1.807) is 21.0 Å². The van der Waals surface area contributed by atoms with Crippen molar-refractivity contribution in [2.24, 2.45) is 5.73 Å². The van der Waals surface area contributed by atoms with E-state index in [-0.39, 0.29) is 30.7 Å². The zero-order valence-corrected chi connectivity index (χ0v) is 27.4. The molecule has 0 spiro atoms. The van der Waals surface area contributed by atoms with Gasteiger partial charge in [-0.25, -0.2) is 0 Å². The second kappa shape index (κ2) is 15.8. The van der Waals surface area contributed by atoms with Crippen LogP contribution >= 0.6 is 11.3 Å². The van der Waals surface area contributed by atoms with Gasteiger partial charge in [0.15, 0.2) is 0 Å². The van der Waals surface area contributed by atoms with E-state index in [0.717, 1.165) is 27.1 Å². The van der Waals surface area contributed by atoms with Crippen molar-refractivity contribution in [1.82, 2.24) is 15.1 Å². The monoisotopic (exact) mass is 618 g/mol. The molecular formula is C35H46N4O4S. The van der Waals surface area contributed by atoms with Gasteiger partial charge in [0.25, 0.3) is 0 Å². The van der Waals surface area contributed by atoms with Crippen molar-refractivity contribution in [2.75, 3.05) is 20.6 Å². The number of benzene rings is 2. The molecule has 0 fully saturated rings. The van der Waals surface area contributed by atoms with Crippen LogP contribution in [-0.4, -0.2) is 77.0 Å². The summed E-state index contributed by atoms with van der Waals surface area (Å²) in [5, 5.41) is 14.4. The van der Waals surface area contributed by atoms with Crippen molar-refractivity contribution in [2.45, 2.75) is 70.7 Å². The number of nitrogens with zero attached hydrogens (tertiary/aromatic N) is 2. The summed E-state index contributed by atoms with van der Waals surface area (Å²) in [5.41, 5.74) is 9.52. The lowest BCUT2D eigenvalue weighted by molar-refractivity contribution is -0.146. The van der Waals surface area contributed by atoms with Crippen LogP contribution in [0.1, 0.15) is 44.6 Å². The summed E-state index contributed by atoms with van der Waals surface area (Å²) in [4.78, 5) is 45.0. The smallest absolute Gasteiger partial charge is 0.246 e. The lowest BCUT2D eigenvalue weighted by Crippen LogP contribution is -2.56. The second-order valence-electron chi connectivity index (χ2n) is 12.2. The number of hydrogen-bond donors (Lipinski definition) is 3. The minimum atomic E-state index is -0.875. The van der Waals surface area contributed by atoms with Crippen LogP contribution in [0.3, 0.4) is 0 Å². The zero-order valence-electron chi connectivity index (χ0n) is 26.6. The van der Waals surface area contributed by atoms with Crippen molar-refractivity contribution in [1.29, 1.82) is 0 Å². The molecule has 8 nitrogen and oxygen atoms in total. The minimum absolute atomic E-state index is 0.0684. The summed E-state index contributed by atoms with van der Waals surface area (Å²) < 4.78 is 0. The Hall–Kier alpha value is -3.79. The Morgan fingerprint density at radius 1 is 0.932 bits per heavy atom. The number of aliphatic hydroxyl groups excluding tert-OH is 1. The van der Waals surface area contributed by atoms with E-state index in [1.807, 2.05) is 92.9 Å². The van der Waals surface area contributed by atoms with Gasteiger partial charge in [0, 0.05) is 50.0 Å². The Morgan fingerprint density at radius 3 is 2.14 bits per heavy atom. The maximum Gasteiger partial charge on any atom is 0.246 e. The summed E-state index contributed by atoms with van der Waals surface area (Å²) in [5.74, 6) is -1.03. The fraction of sp³-hybridized carbons (Fsp3) is 0.400. The van der Waals surface area contributed by atoms with Crippen LogP contribution in [0.15, 0.2) is 83.8 Å². The minimum Gasteiger partial charge on any atom is -0.392 e. The van der Waals surface area contributed by atoms with Gasteiger partial charge in [0.1, 0.15) is 12.1 Å². The molecule has 0 aliphatic rings. The van der Waals surface area contributed by atoms with Crippen molar-refractivity contribution in [3.63, 3.8) is 0 Å². The average Bonchev–Trinajstić information content (AvgIpc) is 3.49. The maximum absolute atomic E-state index is 14.3. The summed E-state index contributed by atoms with van der Waals surface area (Å²) in [6.07, 6.45) is 1.90. The molecule has 9 heteroatoms. The van der Waals surface area contributed by atoms with Crippen molar-refractivity contribution >= 4 is 29.1 Å². The van der Waals surface area contributed by atoms with E-state index in [0.29, 0.717) is 12.8 Å². The van der Waals surface area contributed by atoms with Crippen molar-refractivity contribution in [3.8, 4) is 11.1 Å². The molecule has 0 unspecified atom stereocenters. The molecule has 3 atom stereocenters. The fourth-order valence-electron chi connectivity index (χ4n) is 5.09. The second-order valence-corrected chi connectivity index (χ2v) is 13.3. The highest BCUT2D eigenvalue weighted by molar-refractivity contribution is 7.09. The number of likely N-dealkylation sites (N-methyl/N-ethyl adjacent to an activating group) is 2. The highest BCUT2D eigenvalue weighted by Crippen LogP contribution is 2.22. The molecule has 0 aliphatic heterocycles. The summed E-state index contributed by atoms with van der Waals surface area (Å²) in [6, 6.07) is 20.1. The molecule has 2 aromatic carbocycles. The Morgan fingerprint density at radius 2 is 1.57 bits per heavy atom. The Bertz CT molecular complexity index is 1400. The molecule has 1 heterocycles. The van der Waals surface area contributed by atoms with Crippen LogP contribution in [0.4, 0.5) is 0 Å². The average molecular weight is 619 g/mol. The number of nitrogens with two attached hydrogens (primary N) is 1. The SMILES string of the molecule is C/C(=C\C(=O)N(C)[C@H](Cc1ccc(-c2ccccc2)cc1)C(=O)N(C)[C@H](Cc1cccs1)C(=O)NC[C@@H](C)O)CC(C)(C)N. The number of thiophene rings is 1. The normalized spacial score (nSPS) is 14.0. The first-order valence-corrected chi connectivity index (χ1v) is 15.7. The fourth-order valence-corrected chi connectivity index (χ4v) is 5.84. The van der Waals surface area contributed by atoms with Crippen LogP contribution in [0.2, 0.25) is 0 Å². The number of hydrogen-bond acceptors (Lipinski definition) is 6. The van der Waals surface area contributed by atoms with Crippen molar-refractivity contribution in [3.05, 3.63) is 94.2 Å². The molecule has 44 heavy (non-hydrogen) atoms. The Kier molecular flexibility index (Phi) is 12.5. The molecule has 0 saturated heterocycles. The van der Waals surface area contributed by atoms with Gasteiger partial charge in [-0.3, -0.25) is 14.4 Å². The quantitative estimate of drug-likeness (QED) is 0.231. The Labute approximate surface area is 265 Å². The highest BCUT2D eigenvalue weighted by atomic mass is 32.1. The van der Waals surface area contributed by atoms with Gasteiger partial charge >= 0.3 is 0 Å². The first-order valence-electron chi connectivity index (χ1n) is 14.9. The lowest BCUT2D eigenvalue weighted by atomic mass is 9.96. The van der Waals surface area contributed by atoms with Crippen LogP contribution in [0.5, 0.6) is 0 Å². The largest absolute Gasteiger partial charge is 0.392 e. The van der Waals surface area contributed by atoms with Gasteiger partial charge < -0.3 is 26.0 Å². The molecule has 3 aromatic rings. The van der Waals surface area contributed by atoms with E-state index in [9.17, 15) is 19.5 Å². The molecule has 1 aromatic heterocycles. The standard InChI is InChI=1S/C35H46N4O4S/c1-24(22-35(3,4)36)19-32(41)38(5)31(20-26-14-16-28(17-15-26)27-11-8-7-9-12-27)34(43)39(6)30(21-29-13-10-18-44-29)33(42)37-23-25(2)40/h7-19,25,30-31,40H,20-23,36H2,1-6H3,(H,37,42)/b24-19+/t25-,30-,31-/m1/s1. The van der Waals surface area contributed by atoms with E-state index >= 15 is 0 Å². The third kappa shape index (κ3) is 10.4. The van der Waals surface area contributed by atoms with Gasteiger partial charge in [-0.2, -0.15) is 0 Å². The summed E-state index contributed by atoms with van der Waals surface area (Å²) in [6.45, 7) is 7.31. The molecule has 4 N–H and O–H groups in total. The van der Waals surface area contributed by atoms with E-state index in [1.165, 1.54) is 27.2 Å². The van der Waals surface area contributed by atoms with Gasteiger partial charge in [0.2, 0.25) is 17.7 Å². The first kappa shape index (κ1) is 34.7. The lowest BCUT2D eigenvalue weighted by Gasteiger charge is -2.34. The summed E-state index contributed by atoms with van der Waals surface area (Å²) in [7, 11) is 3.22. The van der Waals surface area contributed by atoms with Crippen LogP contribution < -0.4 is 11.1 Å². The maximum atomic E-state index is 14.3. The molecular weight excluding hydrogens is 572 g/mol. The molecule has 236 valence electrons. The predicted octanol–water partition coefficient (Wildman–Crippen LogP) is 4.43. The van der Waals surface area contributed by atoms with Crippen LogP contribution in [-0.2, 0) is 27.2 Å². The molecule has 0 saturated carbocycles. The topological polar surface area (TPSA) is 116 Å². The number of carbonyl (C=O) groups is 3. The number of nitrogens with one attached hydrogen (secondary N) is 1. The number of aliphatic hydroxyl groups is 1. The summed E-state index contributed by atoms with van der Waals surface area (Å²) >= 11 is 1.51. The highest BCUT2D eigenvalue weighted by Gasteiger charge is 2.35. The number of rotatable bonds is 14. The van der Waals surface area contributed by atoms with Crippen molar-refractivity contribution < 1.29 is 19.5 Å². The van der Waals surface area contributed by atoms with Crippen LogP contribution in [0.25, 0.3) is 11.1 Å². The first-order chi connectivity index (χ1) is 20.7. The third-order valence-corrected chi connectivity index (χ3v) is 8.26. The van der Waals surface area contributed by atoms with Gasteiger partial charge in [-0.15, -0.1) is 11.3 Å². The molecule has 3 amide bonds. The van der Waals surface area contributed by atoms with Gasteiger partial charge in [0.05, 0.1) is 6.10 Å².